The van der Waals surface area contributed by atoms with Gasteiger partial charge in [-0.15, -0.1) is 0 Å². The van der Waals surface area contributed by atoms with Crippen molar-refractivity contribution in [3.05, 3.63) is 94.2 Å². The molecule has 0 atom stereocenters. The number of hydrogen-bond acceptors (Lipinski definition) is 2. The number of rotatable bonds is 3. The third-order valence-corrected chi connectivity index (χ3v) is 5.68. The van der Waals surface area contributed by atoms with Crippen LogP contribution in [0.4, 0.5) is 18.9 Å². The van der Waals surface area contributed by atoms with Gasteiger partial charge in [-0.25, -0.2) is 0 Å². The first-order valence-electron chi connectivity index (χ1n) is 9.35. The van der Waals surface area contributed by atoms with E-state index in [2.05, 4.69) is 26.2 Å². The van der Waals surface area contributed by atoms with Crippen LogP contribution in [0.3, 0.4) is 0 Å². The number of amides is 1. The van der Waals surface area contributed by atoms with Gasteiger partial charge in [0.25, 0.3) is 5.91 Å². The summed E-state index contributed by atoms with van der Waals surface area (Å²) in [5.74, 6) is -0.629. The lowest BCUT2D eigenvalue weighted by Gasteiger charge is -2.13. The Labute approximate surface area is 185 Å². The van der Waals surface area contributed by atoms with E-state index in [-0.39, 0.29) is 10.0 Å². The summed E-state index contributed by atoms with van der Waals surface area (Å²) in [5, 5.41) is 4.76. The monoisotopic (exact) mass is 484 g/mol. The molecule has 3 aromatic carbocycles. The normalized spacial score (nSPS) is 11.5. The summed E-state index contributed by atoms with van der Waals surface area (Å²) in [4.78, 5) is 16.9. The minimum absolute atomic E-state index is 0.0891. The molecule has 0 bridgehead atoms. The average Bonchev–Trinajstić information content (AvgIpc) is 2.74. The predicted octanol–water partition coefficient (Wildman–Crippen LogP) is 7.24. The molecule has 4 rings (SSSR count). The van der Waals surface area contributed by atoms with Gasteiger partial charge in [-0.3, -0.25) is 9.78 Å². The van der Waals surface area contributed by atoms with Crippen LogP contribution < -0.4 is 5.32 Å². The van der Waals surface area contributed by atoms with Crippen LogP contribution in [-0.2, 0) is 6.18 Å². The molecule has 1 amide bonds. The number of aromatic nitrogens is 1. The van der Waals surface area contributed by atoms with Crippen LogP contribution in [-0.4, -0.2) is 10.9 Å². The van der Waals surface area contributed by atoms with Crippen LogP contribution in [0.5, 0.6) is 0 Å². The maximum absolute atomic E-state index is 13.0. The highest BCUT2D eigenvalue weighted by atomic mass is 79.9. The van der Waals surface area contributed by atoms with Crippen molar-refractivity contribution in [2.45, 2.75) is 13.1 Å². The number of alkyl halides is 3. The van der Waals surface area contributed by atoms with E-state index < -0.39 is 17.6 Å². The van der Waals surface area contributed by atoms with Crippen molar-refractivity contribution in [2.24, 2.45) is 0 Å². The zero-order valence-electron chi connectivity index (χ0n) is 16.3. The van der Waals surface area contributed by atoms with E-state index in [9.17, 15) is 18.0 Å². The molecule has 0 saturated heterocycles. The molecule has 1 N–H and O–H groups in total. The van der Waals surface area contributed by atoms with E-state index in [4.69, 9.17) is 0 Å². The van der Waals surface area contributed by atoms with Crippen molar-refractivity contribution in [3.8, 4) is 11.1 Å². The maximum atomic E-state index is 13.0. The summed E-state index contributed by atoms with van der Waals surface area (Å²) < 4.78 is 39.4. The Morgan fingerprint density at radius 2 is 1.77 bits per heavy atom. The molecule has 0 aliphatic heterocycles. The first-order valence-corrected chi connectivity index (χ1v) is 10.1. The number of carbonyl (C=O) groups is 1. The molecule has 1 aromatic heterocycles. The molecule has 0 saturated carbocycles. The predicted molar refractivity (Wildman–Crippen MR) is 119 cm³/mol. The Bertz CT molecular complexity index is 1300. The van der Waals surface area contributed by atoms with Crippen LogP contribution in [0, 0.1) is 6.92 Å². The number of hydrogen-bond donors (Lipinski definition) is 1. The molecule has 156 valence electrons. The number of halogens is 4. The third kappa shape index (κ3) is 4.46. The smallest absolute Gasteiger partial charge is 0.322 e. The fourth-order valence-electron chi connectivity index (χ4n) is 3.34. The summed E-state index contributed by atoms with van der Waals surface area (Å²) >= 11 is 3.16. The maximum Gasteiger partial charge on any atom is 0.416 e. The Kier molecular flexibility index (Phi) is 5.54. The lowest BCUT2D eigenvalue weighted by Crippen LogP contribution is -2.15. The van der Waals surface area contributed by atoms with Crippen molar-refractivity contribution in [1.29, 1.82) is 0 Å². The van der Waals surface area contributed by atoms with Crippen molar-refractivity contribution in [1.82, 2.24) is 4.98 Å². The molecule has 0 spiro atoms. The Morgan fingerprint density at radius 1 is 0.968 bits per heavy atom. The van der Waals surface area contributed by atoms with Gasteiger partial charge in [-0.05, 0) is 87.4 Å². The van der Waals surface area contributed by atoms with E-state index in [0.29, 0.717) is 5.69 Å². The molecule has 0 aliphatic rings. The minimum Gasteiger partial charge on any atom is -0.322 e. The highest BCUT2D eigenvalue weighted by molar-refractivity contribution is 9.10. The quantitative estimate of drug-likeness (QED) is 0.332. The number of pyridine rings is 1. The molecule has 0 fully saturated rings. The molecular weight excluding hydrogens is 469 g/mol. The second-order valence-corrected chi connectivity index (χ2v) is 7.97. The summed E-state index contributed by atoms with van der Waals surface area (Å²) in [6.07, 6.45) is -1.02. The minimum atomic E-state index is -4.53. The second kappa shape index (κ2) is 8.15. The number of anilines is 1. The summed E-state index contributed by atoms with van der Waals surface area (Å²) in [6.45, 7) is 1.96. The number of nitrogens with zero attached hydrogens (tertiary/aromatic N) is 1. The van der Waals surface area contributed by atoms with Gasteiger partial charge in [0, 0.05) is 27.9 Å². The third-order valence-electron chi connectivity index (χ3n) is 4.99. The van der Waals surface area contributed by atoms with Crippen molar-refractivity contribution in [3.63, 3.8) is 0 Å². The zero-order chi connectivity index (χ0) is 22.2. The van der Waals surface area contributed by atoms with Crippen molar-refractivity contribution in [2.75, 3.05) is 5.32 Å². The van der Waals surface area contributed by atoms with E-state index in [1.54, 1.807) is 18.5 Å². The number of carbonyl (C=O) groups excluding carboxylic acids is 1. The van der Waals surface area contributed by atoms with E-state index in [1.807, 2.05) is 43.3 Å². The van der Waals surface area contributed by atoms with Gasteiger partial charge < -0.3 is 5.32 Å². The summed E-state index contributed by atoms with van der Waals surface area (Å²) in [7, 11) is 0. The fraction of sp³-hybridized carbons (Fsp3) is 0.0833. The first-order chi connectivity index (χ1) is 14.7. The van der Waals surface area contributed by atoms with E-state index in [1.165, 1.54) is 6.07 Å². The number of benzene rings is 3. The van der Waals surface area contributed by atoms with E-state index in [0.717, 1.165) is 39.6 Å². The SMILES string of the molecule is Cc1ccc(NC(=O)c2cc(C(F)(F)F)ccc2Br)cc1-c1ccc2ccncc2c1. The largest absolute Gasteiger partial charge is 0.416 e. The van der Waals surface area contributed by atoms with Gasteiger partial charge in [0.1, 0.15) is 0 Å². The van der Waals surface area contributed by atoms with Crippen LogP contribution in [0.25, 0.3) is 21.9 Å². The number of aryl methyl sites for hydroxylation is 1. The van der Waals surface area contributed by atoms with E-state index >= 15 is 0 Å². The summed E-state index contributed by atoms with van der Waals surface area (Å²) in [6, 6.07) is 16.3. The van der Waals surface area contributed by atoms with Gasteiger partial charge in [0.15, 0.2) is 0 Å². The van der Waals surface area contributed by atoms with Crippen LogP contribution in [0.1, 0.15) is 21.5 Å². The van der Waals surface area contributed by atoms with Gasteiger partial charge in [-0.1, -0.05) is 18.2 Å². The van der Waals surface area contributed by atoms with Gasteiger partial charge in [-0.2, -0.15) is 13.2 Å². The second-order valence-electron chi connectivity index (χ2n) is 7.11. The Hall–Kier alpha value is -3.19. The van der Waals surface area contributed by atoms with Gasteiger partial charge >= 0.3 is 6.18 Å². The van der Waals surface area contributed by atoms with Gasteiger partial charge in [0.2, 0.25) is 0 Å². The molecule has 1 heterocycles. The fourth-order valence-corrected chi connectivity index (χ4v) is 3.76. The average molecular weight is 485 g/mol. The zero-order valence-corrected chi connectivity index (χ0v) is 17.9. The number of nitrogens with one attached hydrogen (secondary N) is 1. The molecule has 3 nitrogen and oxygen atoms in total. The Balaban J connectivity index is 1.67. The highest BCUT2D eigenvalue weighted by Gasteiger charge is 2.31. The molecular formula is C24H16BrF3N2O. The first kappa shape index (κ1) is 21.1. The standard InChI is InChI=1S/C24H16BrF3N2O/c1-14-2-6-19(12-20(14)16-4-3-15-8-9-29-13-17(15)10-16)30-23(31)21-11-18(24(26,27)28)5-7-22(21)25/h2-13H,1H3,(H,30,31). The molecule has 7 heteroatoms. The van der Waals surface area contributed by atoms with Crippen LogP contribution in [0.2, 0.25) is 0 Å². The van der Waals surface area contributed by atoms with Crippen molar-refractivity contribution < 1.29 is 18.0 Å². The lowest BCUT2D eigenvalue weighted by atomic mass is 9.98. The topological polar surface area (TPSA) is 42.0 Å². The van der Waals surface area contributed by atoms with Crippen LogP contribution in [0.15, 0.2) is 77.5 Å². The van der Waals surface area contributed by atoms with Gasteiger partial charge in [0.05, 0.1) is 11.1 Å². The highest BCUT2D eigenvalue weighted by Crippen LogP contribution is 2.33. The molecule has 0 radical (unpaired) electrons. The Morgan fingerprint density at radius 3 is 2.55 bits per heavy atom. The molecule has 0 unspecified atom stereocenters. The van der Waals surface area contributed by atoms with Crippen LogP contribution >= 0.6 is 15.9 Å². The molecule has 31 heavy (non-hydrogen) atoms. The number of fused-ring (bicyclic) bond motifs is 1. The van der Waals surface area contributed by atoms with Crippen molar-refractivity contribution >= 4 is 38.3 Å². The summed E-state index contributed by atoms with van der Waals surface area (Å²) in [5.41, 5.74) is 2.38. The lowest BCUT2D eigenvalue weighted by molar-refractivity contribution is -0.137. The molecule has 0 aliphatic carbocycles. The molecule has 4 aromatic rings.